The Hall–Kier alpha value is -3.45. The Bertz CT molecular complexity index is 1030. The number of rotatable bonds is 7. The van der Waals surface area contributed by atoms with Crippen LogP contribution in [0.25, 0.3) is 0 Å². The molecule has 31 heavy (non-hydrogen) atoms. The van der Waals surface area contributed by atoms with E-state index in [-0.39, 0.29) is 11.4 Å². The molecule has 0 radical (unpaired) electrons. The summed E-state index contributed by atoms with van der Waals surface area (Å²) < 4.78 is 19.0. The van der Waals surface area contributed by atoms with Gasteiger partial charge in [-0.3, -0.25) is 4.90 Å². The summed E-state index contributed by atoms with van der Waals surface area (Å²) >= 11 is 0. The normalized spacial score (nSPS) is 14.4. The van der Waals surface area contributed by atoms with Crippen LogP contribution in [-0.2, 0) is 13.2 Å². The van der Waals surface area contributed by atoms with Crippen molar-refractivity contribution in [1.29, 1.82) is 0 Å². The molecule has 0 saturated carbocycles. The molecule has 0 spiro atoms. The van der Waals surface area contributed by atoms with Crippen LogP contribution in [0.15, 0.2) is 66.9 Å². The van der Waals surface area contributed by atoms with E-state index in [1.54, 1.807) is 24.4 Å². The molecule has 2 heterocycles. The Kier molecular flexibility index (Phi) is 6.43. The number of aromatic carboxylic acids is 1. The molecule has 3 aromatic rings. The minimum Gasteiger partial charge on any atom is -0.489 e. The first kappa shape index (κ1) is 20.8. The van der Waals surface area contributed by atoms with Gasteiger partial charge in [-0.1, -0.05) is 24.3 Å². The first-order valence-electron chi connectivity index (χ1n) is 10.2. The number of halogens is 1. The molecule has 4 rings (SSSR count). The van der Waals surface area contributed by atoms with Gasteiger partial charge in [-0.2, -0.15) is 0 Å². The molecule has 0 atom stereocenters. The lowest BCUT2D eigenvalue weighted by atomic mass is 10.1. The fraction of sp³-hybridized carbons (Fsp3) is 0.250. The Morgan fingerprint density at radius 2 is 1.77 bits per heavy atom. The van der Waals surface area contributed by atoms with E-state index in [0.29, 0.717) is 12.4 Å². The van der Waals surface area contributed by atoms with Crippen LogP contribution in [0.1, 0.15) is 21.5 Å². The quantitative estimate of drug-likeness (QED) is 0.626. The third kappa shape index (κ3) is 5.38. The van der Waals surface area contributed by atoms with E-state index in [1.807, 2.05) is 35.2 Å². The van der Waals surface area contributed by atoms with Crippen molar-refractivity contribution in [2.75, 3.05) is 31.1 Å². The molecule has 1 fully saturated rings. The zero-order valence-corrected chi connectivity index (χ0v) is 17.1. The fourth-order valence-electron chi connectivity index (χ4n) is 3.68. The van der Waals surface area contributed by atoms with Crippen molar-refractivity contribution in [2.24, 2.45) is 0 Å². The maximum atomic E-state index is 13.3. The summed E-state index contributed by atoms with van der Waals surface area (Å²) in [4.78, 5) is 20.1. The summed E-state index contributed by atoms with van der Waals surface area (Å²) in [7, 11) is 0. The molecule has 6 nitrogen and oxygen atoms in total. The molecular formula is C24H24FN3O3. The van der Waals surface area contributed by atoms with Gasteiger partial charge in [-0.15, -0.1) is 0 Å². The number of piperazine rings is 1. The third-order valence-corrected chi connectivity index (χ3v) is 5.31. The molecule has 1 aromatic heterocycles. The number of ether oxygens (including phenoxy) is 1. The van der Waals surface area contributed by atoms with E-state index in [9.17, 15) is 14.3 Å². The molecular weight excluding hydrogens is 397 g/mol. The van der Waals surface area contributed by atoms with E-state index in [2.05, 4.69) is 9.88 Å². The van der Waals surface area contributed by atoms with Crippen LogP contribution in [0.5, 0.6) is 5.75 Å². The van der Waals surface area contributed by atoms with Gasteiger partial charge in [0.05, 0.1) is 0 Å². The van der Waals surface area contributed by atoms with Gasteiger partial charge in [0.15, 0.2) is 0 Å². The monoisotopic (exact) mass is 421 g/mol. The Balaban J connectivity index is 1.28. The number of carboxylic acid groups (broad SMARTS) is 1. The molecule has 1 aliphatic heterocycles. The van der Waals surface area contributed by atoms with Gasteiger partial charge in [-0.25, -0.2) is 14.2 Å². The predicted octanol–water partition coefficient (Wildman–Crippen LogP) is 3.82. The SMILES string of the molecule is O=C(O)c1cccnc1N1CCN(Cc2ccc(OCc3cccc(F)c3)cc2)CC1. The van der Waals surface area contributed by atoms with Crippen molar-refractivity contribution in [2.45, 2.75) is 13.2 Å². The lowest BCUT2D eigenvalue weighted by Gasteiger charge is -2.35. The van der Waals surface area contributed by atoms with Gasteiger partial charge in [-0.05, 0) is 47.5 Å². The van der Waals surface area contributed by atoms with Crippen molar-refractivity contribution in [3.63, 3.8) is 0 Å². The Morgan fingerprint density at radius 3 is 2.48 bits per heavy atom. The van der Waals surface area contributed by atoms with Gasteiger partial charge < -0.3 is 14.7 Å². The molecule has 0 bridgehead atoms. The van der Waals surface area contributed by atoms with E-state index in [4.69, 9.17) is 4.74 Å². The summed E-state index contributed by atoms with van der Waals surface area (Å²) in [5, 5.41) is 9.38. The number of carbonyl (C=O) groups is 1. The van der Waals surface area contributed by atoms with Crippen LogP contribution in [-0.4, -0.2) is 47.1 Å². The van der Waals surface area contributed by atoms with Gasteiger partial charge >= 0.3 is 5.97 Å². The summed E-state index contributed by atoms with van der Waals surface area (Å²) in [6, 6.07) is 17.6. The molecule has 2 aromatic carbocycles. The number of hydrogen-bond acceptors (Lipinski definition) is 5. The topological polar surface area (TPSA) is 65.9 Å². The first-order valence-corrected chi connectivity index (χ1v) is 10.2. The number of anilines is 1. The number of carboxylic acids is 1. The fourth-order valence-corrected chi connectivity index (χ4v) is 3.68. The minimum absolute atomic E-state index is 0.241. The van der Waals surface area contributed by atoms with Gasteiger partial charge in [0.2, 0.25) is 0 Å². The lowest BCUT2D eigenvalue weighted by Crippen LogP contribution is -2.46. The van der Waals surface area contributed by atoms with E-state index >= 15 is 0 Å². The highest BCUT2D eigenvalue weighted by molar-refractivity contribution is 5.93. The first-order chi connectivity index (χ1) is 15.1. The lowest BCUT2D eigenvalue weighted by molar-refractivity contribution is 0.0697. The third-order valence-electron chi connectivity index (χ3n) is 5.31. The highest BCUT2D eigenvalue weighted by Crippen LogP contribution is 2.21. The van der Waals surface area contributed by atoms with Gasteiger partial charge in [0, 0.05) is 38.9 Å². The summed E-state index contributed by atoms with van der Waals surface area (Å²) in [6.07, 6.45) is 1.63. The van der Waals surface area contributed by atoms with Crippen LogP contribution >= 0.6 is 0 Å². The second-order valence-corrected chi connectivity index (χ2v) is 7.51. The van der Waals surface area contributed by atoms with Crippen LogP contribution < -0.4 is 9.64 Å². The van der Waals surface area contributed by atoms with Gasteiger partial charge in [0.1, 0.15) is 29.6 Å². The highest BCUT2D eigenvalue weighted by Gasteiger charge is 2.22. The number of benzene rings is 2. The Labute approximate surface area is 180 Å². The van der Waals surface area contributed by atoms with E-state index in [0.717, 1.165) is 44.0 Å². The zero-order valence-electron chi connectivity index (χ0n) is 17.1. The molecule has 0 aliphatic carbocycles. The van der Waals surface area contributed by atoms with Crippen molar-refractivity contribution in [1.82, 2.24) is 9.88 Å². The number of aromatic nitrogens is 1. The highest BCUT2D eigenvalue weighted by atomic mass is 19.1. The molecule has 0 amide bonds. The second kappa shape index (κ2) is 9.57. The smallest absolute Gasteiger partial charge is 0.339 e. The van der Waals surface area contributed by atoms with Crippen molar-refractivity contribution in [3.05, 3.63) is 89.4 Å². The van der Waals surface area contributed by atoms with E-state index < -0.39 is 5.97 Å². The largest absolute Gasteiger partial charge is 0.489 e. The van der Waals surface area contributed by atoms with Gasteiger partial charge in [0.25, 0.3) is 0 Å². The second-order valence-electron chi connectivity index (χ2n) is 7.51. The molecule has 0 unspecified atom stereocenters. The Morgan fingerprint density at radius 1 is 1.00 bits per heavy atom. The zero-order chi connectivity index (χ0) is 21.6. The molecule has 1 aliphatic rings. The summed E-state index contributed by atoms with van der Waals surface area (Å²) in [6.45, 7) is 4.25. The number of pyridine rings is 1. The average Bonchev–Trinajstić information content (AvgIpc) is 2.79. The number of nitrogens with zero attached hydrogens (tertiary/aromatic N) is 3. The van der Waals surface area contributed by atoms with Crippen molar-refractivity contribution < 1.29 is 19.0 Å². The summed E-state index contributed by atoms with van der Waals surface area (Å²) in [5.41, 5.74) is 2.21. The molecule has 7 heteroatoms. The minimum atomic E-state index is -0.953. The maximum Gasteiger partial charge on any atom is 0.339 e. The summed E-state index contributed by atoms with van der Waals surface area (Å²) in [5.74, 6) is 0.0626. The van der Waals surface area contributed by atoms with Crippen LogP contribution in [0.4, 0.5) is 10.2 Å². The predicted molar refractivity (Wildman–Crippen MR) is 116 cm³/mol. The molecule has 1 N–H and O–H groups in total. The standard InChI is InChI=1S/C24H24FN3O3/c25-20-4-1-3-19(15-20)17-31-21-8-6-18(7-9-21)16-27-11-13-28(14-12-27)23-22(24(29)30)5-2-10-26-23/h1-10,15H,11-14,16-17H2,(H,29,30). The number of hydrogen-bond donors (Lipinski definition) is 1. The van der Waals surface area contributed by atoms with Crippen LogP contribution in [0.3, 0.4) is 0 Å². The van der Waals surface area contributed by atoms with Crippen LogP contribution in [0.2, 0.25) is 0 Å². The van der Waals surface area contributed by atoms with Crippen molar-refractivity contribution in [3.8, 4) is 5.75 Å². The molecule has 1 saturated heterocycles. The maximum absolute atomic E-state index is 13.3. The van der Waals surface area contributed by atoms with Crippen molar-refractivity contribution >= 4 is 11.8 Å². The van der Waals surface area contributed by atoms with Crippen LogP contribution in [0, 0.1) is 5.82 Å². The molecule has 160 valence electrons. The van der Waals surface area contributed by atoms with E-state index in [1.165, 1.54) is 17.7 Å². The average molecular weight is 421 g/mol.